The molecule has 6 N–H and O–H groups in total. The molecule has 0 amide bonds. The van der Waals surface area contributed by atoms with E-state index in [1.165, 1.54) is 5.56 Å². The highest BCUT2D eigenvalue weighted by Crippen LogP contribution is 1.95. The van der Waals surface area contributed by atoms with Crippen molar-refractivity contribution in [3.05, 3.63) is 35.9 Å². The summed E-state index contributed by atoms with van der Waals surface area (Å²) >= 11 is 0. The summed E-state index contributed by atoms with van der Waals surface area (Å²) in [5.41, 5.74) is 3.79. The van der Waals surface area contributed by atoms with Gasteiger partial charge in [-0.2, -0.15) is 0 Å². The maximum absolute atomic E-state index is 9.72. The number of carbonyl (C=O) groups is 2. The molecule has 0 aliphatic rings. The molecule has 0 heterocycles. The van der Waals surface area contributed by atoms with Gasteiger partial charge in [0.05, 0.1) is 6.42 Å². The topological polar surface area (TPSA) is 133 Å². The van der Waals surface area contributed by atoms with Crippen molar-refractivity contribution in [2.75, 3.05) is 0 Å². The zero-order valence-corrected chi connectivity index (χ0v) is 9.61. The van der Waals surface area contributed by atoms with E-state index in [1.54, 1.807) is 0 Å². The van der Waals surface area contributed by atoms with Gasteiger partial charge in [0.25, 0.3) is 0 Å². The van der Waals surface area contributed by atoms with E-state index in [9.17, 15) is 9.59 Å². The lowest BCUT2D eigenvalue weighted by atomic mass is 10.2. The molecular weight excluding hydrogens is 240 g/mol. The molecule has 0 radical (unpaired) electrons. The van der Waals surface area contributed by atoms with Crippen LogP contribution in [0, 0.1) is 0 Å². The van der Waals surface area contributed by atoms with E-state index in [1.807, 2.05) is 30.3 Å². The smallest absolute Gasteiger partial charge is 0.333 e. The van der Waals surface area contributed by atoms with Gasteiger partial charge in [-0.3, -0.25) is 16.1 Å². The summed E-state index contributed by atoms with van der Waals surface area (Å²) in [6, 6.07) is 10.0. The lowest BCUT2D eigenvalue weighted by Crippen LogP contribution is -2.22. The number of nitrogens with two attached hydrogens (primary N) is 1. The van der Waals surface area contributed by atoms with Gasteiger partial charge in [0, 0.05) is 6.54 Å². The second kappa shape index (κ2) is 9.11. The van der Waals surface area contributed by atoms with Gasteiger partial charge >= 0.3 is 11.9 Å². The highest BCUT2D eigenvalue weighted by molar-refractivity contribution is 5.79. The van der Waals surface area contributed by atoms with Crippen molar-refractivity contribution in [3.63, 3.8) is 0 Å². The normalized spacial score (nSPS) is 11.0. The second-order valence-electron chi connectivity index (χ2n) is 3.32. The molecule has 1 rings (SSSR count). The van der Waals surface area contributed by atoms with Gasteiger partial charge < -0.3 is 15.3 Å². The fourth-order valence-electron chi connectivity index (χ4n) is 0.966. The minimum absolute atomic E-state index is 0.737. The molecule has 0 fully saturated rings. The van der Waals surface area contributed by atoms with Crippen LogP contribution in [0.15, 0.2) is 30.3 Å². The zero-order valence-electron chi connectivity index (χ0n) is 9.61. The van der Waals surface area contributed by atoms with Gasteiger partial charge in [0.15, 0.2) is 6.10 Å². The molecule has 100 valence electrons. The van der Waals surface area contributed by atoms with Crippen molar-refractivity contribution in [2.45, 2.75) is 19.1 Å². The van der Waals surface area contributed by atoms with Crippen LogP contribution in [0.4, 0.5) is 0 Å². The van der Waals surface area contributed by atoms with Crippen LogP contribution in [0.5, 0.6) is 0 Å². The van der Waals surface area contributed by atoms with E-state index in [0.29, 0.717) is 0 Å². The average Bonchev–Trinajstić information content (AvgIpc) is 2.30. The number of nitrogens with one attached hydrogen (secondary N) is 1. The standard InChI is InChI=1S/C7H10N2.C4H6O5/c8-9-6-7-4-2-1-3-5-7;5-2(4(8)9)1-3(6)7/h1-5,9H,6,8H2;2,5H,1H2,(H,6,7)(H,8,9). The molecule has 1 aromatic rings. The van der Waals surface area contributed by atoms with Crippen LogP contribution in [0.1, 0.15) is 12.0 Å². The van der Waals surface area contributed by atoms with Crippen LogP contribution in [-0.4, -0.2) is 33.4 Å². The molecule has 7 nitrogen and oxygen atoms in total. The highest BCUT2D eigenvalue weighted by Gasteiger charge is 2.16. The highest BCUT2D eigenvalue weighted by atomic mass is 16.4. The lowest BCUT2D eigenvalue weighted by Gasteiger charge is -1.97. The second-order valence-corrected chi connectivity index (χ2v) is 3.32. The van der Waals surface area contributed by atoms with Gasteiger partial charge in [0.2, 0.25) is 0 Å². The fraction of sp³-hybridized carbons (Fsp3) is 0.273. The summed E-state index contributed by atoms with van der Waals surface area (Å²) in [5, 5.41) is 24.1. The van der Waals surface area contributed by atoms with Gasteiger partial charge in [0.1, 0.15) is 0 Å². The number of benzene rings is 1. The number of aliphatic carboxylic acids is 2. The van der Waals surface area contributed by atoms with E-state index in [0.717, 1.165) is 6.54 Å². The third-order valence-electron chi connectivity index (χ3n) is 1.80. The van der Waals surface area contributed by atoms with E-state index in [4.69, 9.17) is 21.2 Å². The first-order chi connectivity index (χ1) is 8.47. The fourth-order valence-corrected chi connectivity index (χ4v) is 0.966. The van der Waals surface area contributed by atoms with Gasteiger partial charge in [-0.05, 0) is 5.56 Å². The first-order valence-corrected chi connectivity index (χ1v) is 5.07. The number of carboxylic acid groups (broad SMARTS) is 2. The number of carboxylic acids is 2. The summed E-state index contributed by atoms with van der Waals surface area (Å²) in [7, 11) is 0. The summed E-state index contributed by atoms with van der Waals surface area (Å²) in [6.45, 7) is 0.737. The predicted octanol–water partition coefficient (Wildman–Crippen LogP) is -0.444. The van der Waals surface area contributed by atoms with Crippen LogP contribution in [0.25, 0.3) is 0 Å². The van der Waals surface area contributed by atoms with E-state index < -0.39 is 24.5 Å². The predicted molar refractivity (Wildman–Crippen MR) is 63.4 cm³/mol. The molecule has 0 aromatic heterocycles. The van der Waals surface area contributed by atoms with Crippen LogP contribution < -0.4 is 11.3 Å². The minimum Gasteiger partial charge on any atom is -0.481 e. The average molecular weight is 256 g/mol. The first kappa shape index (κ1) is 16.0. The quantitative estimate of drug-likeness (QED) is 0.356. The van der Waals surface area contributed by atoms with Crippen molar-refractivity contribution in [1.82, 2.24) is 5.43 Å². The van der Waals surface area contributed by atoms with Crippen molar-refractivity contribution in [3.8, 4) is 0 Å². The molecule has 1 atom stereocenters. The lowest BCUT2D eigenvalue weighted by molar-refractivity contribution is -0.152. The molecule has 0 aliphatic heterocycles. The Morgan fingerprint density at radius 3 is 2.11 bits per heavy atom. The molecule has 0 bridgehead atoms. The molecule has 0 saturated heterocycles. The molecule has 0 saturated carbocycles. The Hall–Kier alpha value is -1.96. The molecule has 1 aromatic carbocycles. The number of aliphatic hydroxyl groups excluding tert-OH is 1. The van der Waals surface area contributed by atoms with Crippen LogP contribution in [0.2, 0.25) is 0 Å². The van der Waals surface area contributed by atoms with E-state index >= 15 is 0 Å². The molecular formula is C11H16N2O5. The van der Waals surface area contributed by atoms with Crippen LogP contribution in [0.3, 0.4) is 0 Å². The minimum atomic E-state index is -1.79. The third-order valence-corrected chi connectivity index (χ3v) is 1.80. The zero-order chi connectivity index (χ0) is 14.0. The molecule has 18 heavy (non-hydrogen) atoms. The Bertz CT molecular complexity index is 369. The molecule has 0 aliphatic carbocycles. The number of hydrazine groups is 1. The van der Waals surface area contributed by atoms with Gasteiger partial charge in [-0.15, -0.1) is 0 Å². The van der Waals surface area contributed by atoms with Crippen molar-refractivity contribution >= 4 is 11.9 Å². The summed E-state index contributed by atoms with van der Waals surface area (Å²) in [6.07, 6.45) is -2.54. The Labute approximate surface area is 104 Å². The molecule has 1 unspecified atom stereocenters. The van der Waals surface area contributed by atoms with Gasteiger partial charge in [-0.25, -0.2) is 4.79 Å². The molecule has 7 heteroatoms. The van der Waals surface area contributed by atoms with Crippen LogP contribution >= 0.6 is 0 Å². The monoisotopic (exact) mass is 256 g/mol. The maximum atomic E-state index is 9.72. The largest absolute Gasteiger partial charge is 0.481 e. The Balaban J connectivity index is 0.000000321. The van der Waals surface area contributed by atoms with Crippen molar-refractivity contribution in [2.24, 2.45) is 5.84 Å². The number of rotatable bonds is 5. The maximum Gasteiger partial charge on any atom is 0.333 e. The number of aliphatic hydroxyl groups is 1. The number of hydrogen-bond acceptors (Lipinski definition) is 5. The Kier molecular flexibility index (Phi) is 8.12. The van der Waals surface area contributed by atoms with Crippen molar-refractivity contribution in [1.29, 1.82) is 0 Å². The van der Waals surface area contributed by atoms with Crippen LogP contribution in [-0.2, 0) is 16.1 Å². The number of hydrogen-bond donors (Lipinski definition) is 5. The van der Waals surface area contributed by atoms with E-state index in [2.05, 4.69) is 5.43 Å². The van der Waals surface area contributed by atoms with E-state index in [-0.39, 0.29) is 0 Å². The summed E-state index contributed by atoms with van der Waals surface area (Å²) in [4.78, 5) is 19.4. The third kappa shape index (κ3) is 8.22. The Morgan fingerprint density at radius 1 is 1.22 bits per heavy atom. The summed E-state index contributed by atoms with van der Waals surface area (Å²) < 4.78 is 0. The Morgan fingerprint density at radius 2 is 1.78 bits per heavy atom. The summed E-state index contributed by atoms with van der Waals surface area (Å²) in [5.74, 6) is 2.27. The van der Waals surface area contributed by atoms with Crippen molar-refractivity contribution < 1.29 is 24.9 Å². The van der Waals surface area contributed by atoms with Gasteiger partial charge in [-0.1, -0.05) is 30.3 Å². The first-order valence-electron chi connectivity index (χ1n) is 5.07. The molecule has 0 spiro atoms. The SMILES string of the molecule is NNCc1ccccc1.O=C(O)CC(O)C(=O)O.